The minimum absolute atomic E-state index is 0.517. The van der Waals surface area contributed by atoms with Gasteiger partial charge in [-0.3, -0.25) is 0 Å². The van der Waals surface area contributed by atoms with Crippen LogP contribution in [0.25, 0.3) is 109 Å². The lowest BCUT2D eigenvalue weighted by atomic mass is 9.96. The Morgan fingerprint density at radius 1 is 0.422 bits per heavy atom. The number of fused-ring (bicyclic) bond motifs is 12. The molecule has 1 aliphatic rings. The van der Waals surface area contributed by atoms with E-state index in [0.717, 1.165) is 99.5 Å². The Hall–Kier alpha value is -8.54. The number of furan rings is 2. The first kappa shape index (κ1) is 35.1. The van der Waals surface area contributed by atoms with Crippen LogP contribution in [0.1, 0.15) is 23.1 Å². The fourth-order valence-electron chi connectivity index (χ4n) is 10.2. The van der Waals surface area contributed by atoms with Gasteiger partial charge in [-0.1, -0.05) is 140 Å². The second-order valence-corrected chi connectivity index (χ2v) is 16.8. The molecule has 0 radical (unpaired) electrons. The average molecular weight is 818 g/mol. The van der Waals surface area contributed by atoms with Crippen LogP contribution in [0.2, 0.25) is 0 Å². The largest absolute Gasteiger partial charge is 0.456 e. The fourth-order valence-corrected chi connectivity index (χ4v) is 10.2. The van der Waals surface area contributed by atoms with Crippen molar-refractivity contribution in [2.75, 3.05) is 0 Å². The van der Waals surface area contributed by atoms with E-state index in [2.05, 4.69) is 187 Å². The summed E-state index contributed by atoms with van der Waals surface area (Å²) in [4.78, 5) is 11.2. The van der Waals surface area contributed by atoms with Crippen LogP contribution in [0.4, 0.5) is 0 Å². The number of aliphatic imine (C=N–C) groups is 2. The van der Waals surface area contributed by atoms with E-state index in [1.54, 1.807) is 0 Å². The lowest BCUT2D eigenvalue weighted by molar-refractivity contribution is 0.668. The normalized spacial score (nSPS) is 13.5. The van der Waals surface area contributed by atoms with Crippen LogP contribution in [-0.2, 0) is 0 Å². The molecular formula is C59H35N3O2. The highest BCUT2D eigenvalue weighted by atomic mass is 16.3. The van der Waals surface area contributed by atoms with Crippen LogP contribution in [0.15, 0.2) is 219 Å². The molecule has 14 rings (SSSR count). The van der Waals surface area contributed by atoms with E-state index in [0.29, 0.717) is 12.3 Å². The van der Waals surface area contributed by atoms with E-state index < -0.39 is 0 Å². The summed E-state index contributed by atoms with van der Waals surface area (Å²) in [5, 5.41) is 13.6. The highest BCUT2D eigenvalue weighted by Crippen LogP contribution is 2.43. The van der Waals surface area contributed by atoms with Crippen molar-refractivity contribution in [2.45, 2.75) is 6.42 Å². The maximum absolute atomic E-state index is 6.85. The Morgan fingerprint density at radius 3 is 1.72 bits per heavy atom. The average Bonchev–Trinajstić information content (AvgIpc) is 3.94. The number of para-hydroxylation sites is 2. The zero-order chi connectivity index (χ0) is 41.9. The van der Waals surface area contributed by atoms with Gasteiger partial charge in [-0.15, -0.1) is 0 Å². The summed E-state index contributed by atoms with van der Waals surface area (Å²) < 4.78 is 16.0. The van der Waals surface area contributed by atoms with Crippen molar-refractivity contribution in [1.29, 1.82) is 0 Å². The molecule has 0 spiro atoms. The molecule has 0 saturated carbocycles. The lowest BCUT2D eigenvalue weighted by Gasteiger charge is -2.17. The number of hydrogen-bond acceptors (Lipinski definition) is 4. The molecule has 13 aromatic rings. The quantitative estimate of drug-likeness (QED) is 0.178. The molecule has 0 unspecified atom stereocenters. The monoisotopic (exact) mass is 817 g/mol. The van der Waals surface area contributed by atoms with Gasteiger partial charge in [0.1, 0.15) is 22.3 Å². The van der Waals surface area contributed by atoms with Crippen LogP contribution in [-0.4, -0.2) is 16.1 Å². The minimum atomic E-state index is 0.517. The van der Waals surface area contributed by atoms with Gasteiger partial charge >= 0.3 is 0 Å². The summed E-state index contributed by atoms with van der Waals surface area (Å²) in [6.07, 6.45) is 2.75. The number of nitrogens with zero attached hydrogens (tertiary/aromatic N) is 3. The first-order chi connectivity index (χ1) is 31.7. The van der Waals surface area contributed by atoms with Gasteiger partial charge in [0.2, 0.25) is 0 Å². The molecule has 0 N–H and O–H groups in total. The maximum atomic E-state index is 6.85. The van der Waals surface area contributed by atoms with E-state index in [4.69, 9.17) is 18.8 Å². The zero-order valence-electron chi connectivity index (χ0n) is 34.4. The van der Waals surface area contributed by atoms with E-state index in [-0.39, 0.29) is 0 Å². The van der Waals surface area contributed by atoms with Crippen molar-refractivity contribution in [2.24, 2.45) is 9.98 Å². The van der Waals surface area contributed by atoms with E-state index in [1.165, 1.54) is 32.3 Å². The van der Waals surface area contributed by atoms with Gasteiger partial charge in [0.05, 0.1) is 33.7 Å². The van der Waals surface area contributed by atoms with Crippen molar-refractivity contribution < 1.29 is 8.83 Å². The predicted molar refractivity (Wildman–Crippen MR) is 266 cm³/mol. The summed E-state index contributed by atoms with van der Waals surface area (Å²) in [7, 11) is 0. The Balaban J connectivity index is 1.13. The highest BCUT2D eigenvalue weighted by Gasteiger charge is 2.26. The number of allylic oxidation sites excluding steroid dienone is 1. The molecule has 0 bridgehead atoms. The van der Waals surface area contributed by atoms with E-state index in [9.17, 15) is 0 Å². The second-order valence-electron chi connectivity index (χ2n) is 16.8. The van der Waals surface area contributed by atoms with Gasteiger partial charge in [0.25, 0.3) is 0 Å². The fraction of sp³-hybridized carbons (Fsp3) is 0.0169. The molecule has 0 aliphatic carbocycles. The first-order valence-electron chi connectivity index (χ1n) is 21.8. The molecular weight excluding hydrogens is 783 g/mol. The summed E-state index contributed by atoms with van der Waals surface area (Å²) in [6.45, 7) is 0. The van der Waals surface area contributed by atoms with Gasteiger partial charge in [0.15, 0.2) is 5.84 Å². The standard InChI is InChI=1S/C59H35N3O2/c1-2-13-35(14-3-1)48-25-26-49(61-59(60-48)44-23-12-22-43-42-21-10-11-24-53(42)64-58(43)44)57-50(27-28-54-56(57)47-31-38-17-6-9-20-41(38)34-55(47)63-54)62-51-32-39-18-7-4-15-36(39)29-45(51)46-30-37-16-5-8-19-40(37)33-52(46)62/h1-25,27-34H,26H2. The maximum Gasteiger partial charge on any atom is 0.163 e. The van der Waals surface area contributed by atoms with Crippen LogP contribution >= 0.6 is 0 Å². The molecule has 0 atom stereocenters. The molecule has 5 nitrogen and oxygen atoms in total. The third-order valence-electron chi connectivity index (χ3n) is 13.2. The topological polar surface area (TPSA) is 55.9 Å². The second kappa shape index (κ2) is 13.5. The van der Waals surface area contributed by atoms with Crippen LogP contribution in [0, 0.1) is 0 Å². The number of aromatic nitrogens is 1. The van der Waals surface area contributed by atoms with E-state index in [1.807, 2.05) is 18.2 Å². The predicted octanol–water partition coefficient (Wildman–Crippen LogP) is 15.7. The smallest absolute Gasteiger partial charge is 0.163 e. The molecule has 10 aromatic carbocycles. The molecule has 1 aliphatic heterocycles. The summed E-state index contributed by atoms with van der Waals surface area (Å²) in [5.41, 5.74) is 11.1. The summed E-state index contributed by atoms with van der Waals surface area (Å²) >= 11 is 0. The number of benzene rings is 10. The third-order valence-corrected chi connectivity index (χ3v) is 13.2. The van der Waals surface area contributed by atoms with Crippen LogP contribution in [0.3, 0.4) is 0 Å². The Kier molecular flexibility index (Phi) is 7.39. The Morgan fingerprint density at radius 2 is 1.02 bits per heavy atom. The van der Waals surface area contributed by atoms with Crippen molar-refractivity contribution in [3.8, 4) is 5.69 Å². The molecule has 0 saturated heterocycles. The van der Waals surface area contributed by atoms with Gasteiger partial charge < -0.3 is 13.4 Å². The minimum Gasteiger partial charge on any atom is -0.456 e. The van der Waals surface area contributed by atoms with Crippen LogP contribution < -0.4 is 0 Å². The first-order valence-corrected chi connectivity index (χ1v) is 21.8. The number of hydrogen-bond donors (Lipinski definition) is 0. The summed E-state index contributed by atoms with van der Waals surface area (Å²) in [5.74, 6) is 0.590. The van der Waals surface area contributed by atoms with Gasteiger partial charge in [-0.25, -0.2) is 9.98 Å². The molecule has 3 aromatic heterocycles. The van der Waals surface area contributed by atoms with Crippen molar-refractivity contribution >= 4 is 115 Å². The lowest BCUT2D eigenvalue weighted by Crippen LogP contribution is -2.10. The number of amidine groups is 1. The van der Waals surface area contributed by atoms with E-state index >= 15 is 0 Å². The number of rotatable bonds is 4. The Labute approximate surface area is 366 Å². The molecule has 0 amide bonds. The van der Waals surface area contributed by atoms with Crippen LogP contribution in [0.5, 0.6) is 0 Å². The zero-order valence-corrected chi connectivity index (χ0v) is 34.4. The highest BCUT2D eigenvalue weighted by molar-refractivity contribution is 6.28. The summed E-state index contributed by atoms with van der Waals surface area (Å²) in [6, 6.07) is 69.0. The molecule has 64 heavy (non-hydrogen) atoms. The van der Waals surface area contributed by atoms with Crippen molar-refractivity contribution in [3.63, 3.8) is 0 Å². The molecule has 298 valence electrons. The molecule has 4 heterocycles. The van der Waals surface area contributed by atoms with Crippen molar-refractivity contribution in [1.82, 2.24) is 4.57 Å². The Bertz CT molecular complexity index is 4120. The van der Waals surface area contributed by atoms with Crippen molar-refractivity contribution in [3.05, 3.63) is 217 Å². The molecule has 5 heteroatoms. The molecule has 0 fully saturated rings. The third kappa shape index (κ3) is 5.25. The van der Waals surface area contributed by atoms with Gasteiger partial charge in [-0.2, -0.15) is 0 Å². The van der Waals surface area contributed by atoms with Gasteiger partial charge in [-0.05, 0) is 98.5 Å². The van der Waals surface area contributed by atoms with Gasteiger partial charge in [0, 0.05) is 44.3 Å². The SMILES string of the molecule is C1=C(c2ccccc2)N=C(c2cccc3c2oc2ccccc23)N=C(c2c(-n3c4cc5ccccc5cc4c4cc5ccccc5cc43)ccc3oc4cc5ccccc5cc4c23)C1.